The van der Waals surface area contributed by atoms with Gasteiger partial charge in [-0.15, -0.1) is 0 Å². The van der Waals surface area contributed by atoms with Gasteiger partial charge in [-0.05, 0) is 13.0 Å². The third-order valence-electron chi connectivity index (χ3n) is 1.96. The van der Waals surface area contributed by atoms with Crippen molar-refractivity contribution in [1.82, 2.24) is 0 Å². The second-order valence-electron chi connectivity index (χ2n) is 3.09. The minimum Gasteiger partial charge on any atom is -0.480 e. The standard InChI is InChI=1S/C9H12N2O2/c1-9(11,8(12)13)6-4-2-3-5-7(6)10/h2-5H,10-11H2,1H3,(H,12,13)/t9-/m1/s1. The lowest BCUT2D eigenvalue weighted by Gasteiger charge is -2.21. The zero-order valence-corrected chi connectivity index (χ0v) is 7.32. The smallest absolute Gasteiger partial charge is 0.328 e. The fourth-order valence-corrected chi connectivity index (χ4v) is 1.09. The number of para-hydroxylation sites is 1. The summed E-state index contributed by atoms with van der Waals surface area (Å²) in [5.74, 6) is -1.09. The van der Waals surface area contributed by atoms with Crippen LogP contribution in [0.2, 0.25) is 0 Å². The molecule has 0 saturated carbocycles. The van der Waals surface area contributed by atoms with E-state index in [1.807, 2.05) is 0 Å². The number of hydrogen-bond acceptors (Lipinski definition) is 3. The molecule has 4 nitrogen and oxygen atoms in total. The number of rotatable bonds is 2. The molecule has 1 atom stereocenters. The summed E-state index contributed by atoms with van der Waals surface area (Å²) >= 11 is 0. The Kier molecular flexibility index (Phi) is 2.25. The van der Waals surface area contributed by atoms with Crippen molar-refractivity contribution in [3.05, 3.63) is 29.8 Å². The Hall–Kier alpha value is -1.55. The summed E-state index contributed by atoms with van der Waals surface area (Å²) < 4.78 is 0. The molecule has 0 bridgehead atoms. The van der Waals surface area contributed by atoms with Crippen LogP contribution in [-0.4, -0.2) is 11.1 Å². The summed E-state index contributed by atoms with van der Waals surface area (Å²) in [7, 11) is 0. The van der Waals surface area contributed by atoms with E-state index in [4.69, 9.17) is 16.6 Å². The molecule has 0 amide bonds. The third-order valence-corrected chi connectivity index (χ3v) is 1.96. The second kappa shape index (κ2) is 3.06. The van der Waals surface area contributed by atoms with Crippen molar-refractivity contribution in [2.45, 2.75) is 12.5 Å². The van der Waals surface area contributed by atoms with Crippen LogP contribution in [0.5, 0.6) is 0 Å². The molecule has 0 aliphatic heterocycles. The minimum absolute atomic E-state index is 0.398. The van der Waals surface area contributed by atoms with Gasteiger partial charge in [0.1, 0.15) is 5.54 Å². The molecule has 0 spiro atoms. The Morgan fingerprint density at radius 3 is 2.46 bits per heavy atom. The molecule has 13 heavy (non-hydrogen) atoms. The molecule has 1 aromatic rings. The fraction of sp³-hybridized carbons (Fsp3) is 0.222. The molecule has 1 aromatic carbocycles. The Morgan fingerprint density at radius 2 is 2.00 bits per heavy atom. The van der Waals surface area contributed by atoms with Crippen LogP contribution in [-0.2, 0) is 10.3 Å². The van der Waals surface area contributed by atoms with Gasteiger partial charge >= 0.3 is 5.97 Å². The molecule has 70 valence electrons. The third kappa shape index (κ3) is 1.62. The van der Waals surface area contributed by atoms with Gasteiger partial charge in [-0.1, -0.05) is 18.2 Å². The number of aliphatic carboxylic acids is 1. The molecular weight excluding hydrogens is 168 g/mol. The van der Waals surface area contributed by atoms with Crippen molar-refractivity contribution in [2.75, 3.05) is 5.73 Å². The number of hydrogen-bond donors (Lipinski definition) is 3. The minimum atomic E-state index is -1.43. The molecule has 5 N–H and O–H groups in total. The van der Waals surface area contributed by atoms with E-state index in [1.165, 1.54) is 6.92 Å². The van der Waals surface area contributed by atoms with Gasteiger partial charge in [0.05, 0.1) is 0 Å². The van der Waals surface area contributed by atoms with E-state index in [1.54, 1.807) is 24.3 Å². The van der Waals surface area contributed by atoms with Crippen LogP contribution in [0.3, 0.4) is 0 Å². The molecule has 0 aliphatic rings. The maximum Gasteiger partial charge on any atom is 0.328 e. The lowest BCUT2D eigenvalue weighted by Crippen LogP contribution is -2.42. The highest BCUT2D eigenvalue weighted by atomic mass is 16.4. The Bertz CT molecular complexity index is 334. The molecular formula is C9H12N2O2. The number of carboxylic acid groups (broad SMARTS) is 1. The van der Waals surface area contributed by atoms with Crippen LogP contribution in [0, 0.1) is 0 Å². The summed E-state index contributed by atoms with van der Waals surface area (Å²) in [6.45, 7) is 1.42. The summed E-state index contributed by atoms with van der Waals surface area (Å²) in [6, 6.07) is 6.68. The van der Waals surface area contributed by atoms with Crippen LogP contribution < -0.4 is 11.5 Å². The first-order chi connectivity index (χ1) is 5.96. The second-order valence-corrected chi connectivity index (χ2v) is 3.09. The highest BCUT2D eigenvalue weighted by Crippen LogP contribution is 2.23. The van der Waals surface area contributed by atoms with Crippen LogP contribution in [0.4, 0.5) is 5.69 Å². The number of nitrogen functional groups attached to an aromatic ring is 1. The molecule has 0 fully saturated rings. The van der Waals surface area contributed by atoms with E-state index in [0.717, 1.165) is 0 Å². The van der Waals surface area contributed by atoms with Crippen LogP contribution in [0.1, 0.15) is 12.5 Å². The van der Waals surface area contributed by atoms with Crippen LogP contribution in [0.15, 0.2) is 24.3 Å². The lowest BCUT2D eigenvalue weighted by molar-refractivity contribution is -0.143. The average Bonchev–Trinajstić information content (AvgIpc) is 2.04. The lowest BCUT2D eigenvalue weighted by atomic mass is 9.92. The SMILES string of the molecule is C[C@](N)(C(=O)O)c1ccccc1N. The molecule has 0 heterocycles. The number of carbonyl (C=O) groups is 1. The molecule has 0 aliphatic carbocycles. The van der Waals surface area contributed by atoms with E-state index in [9.17, 15) is 4.79 Å². The van der Waals surface area contributed by atoms with Gasteiger partial charge in [0, 0.05) is 11.3 Å². The highest BCUT2D eigenvalue weighted by Gasteiger charge is 2.31. The maximum absolute atomic E-state index is 10.8. The van der Waals surface area contributed by atoms with Gasteiger partial charge in [0.2, 0.25) is 0 Å². The zero-order valence-electron chi connectivity index (χ0n) is 7.32. The number of anilines is 1. The topological polar surface area (TPSA) is 89.3 Å². The molecule has 0 saturated heterocycles. The van der Waals surface area contributed by atoms with Gasteiger partial charge in [-0.3, -0.25) is 0 Å². The molecule has 0 radical (unpaired) electrons. The highest BCUT2D eigenvalue weighted by molar-refractivity contribution is 5.82. The normalized spacial score (nSPS) is 14.9. The predicted octanol–water partition coefficient (Wildman–Crippen LogP) is 0.527. The number of carboxylic acids is 1. The van der Waals surface area contributed by atoms with E-state index in [2.05, 4.69) is 0 Å². The summed E-state index contributed by atoms with van der Waals surface area (Å²) in [5, 5.41) is 8.84. The molecule has 0 unspecified atom stereocenters. The fourth-order valence-electron chi connectivity index (χ4n) is 1.09. The first kappa shape index (κ1) is 9.54. The Labute approximate surface area is 76.2 Å². The number of nitrogens with two attached hydrogens (primary N) is 2. The first-order valence-corrected chi connectivity index (χ1v) is 3.83. The monoisotopic (exact) mass is 180 g/mol. The average molecular weight is 180 g/mol. The molecule has 4 heteroatoms. The van der Waals surface area contributed by atoms with Gasteiger partial charge in [-0.25, -0.2) is 4.79 Å². The summed E-state index contributed by atoms with van der Waals surface area (Å²) in [6.07, 6.45) is 0. The van der Waals surface area contributed by atoms with Crippen molar-refractivity contribution < 1.29 is 9.90 Å². The van der Waals surface area contributed by atoms with E-state index < -0.39 is 11.5 Å². The van der Waals surface area contributed by atoms with Gasteiger partial charge in [0.25, 0.3) is 0 Å². The van der Waals surface area contributed by atoms with Crippen LogP contribution in [0.25, 0.3) is 0 Å². The molecule has 1 rings (SSSR count). The van der Waals surface area contributed by atoms with Crippen molar-refractivity contribution in [2.24, 2.45) is 5.73 Å². The van der Waals surface area contributed by atoms with Crippen molar-refractivity contribution in [3.63, 3.8) is 0 Å². The first-order valence-electron chi connectivity index (χ1n) is 3.83. The maximum atomic E-state index is 10.8. The van der Waals surface area contributed by atoms with Crippen molar-refractivity contribution in [1.29, 1.82) is 0 Å². The van der Waals surface area contributed by atoms with E-state index in [-0.39, 0.29) is 0 Å². The van der Waals surface area contributed by atoms with E-state index >= 15 is 0 Å². The number of benzene rings is 1. The Balaban J connectivity index is 3.22. The van der Waals surface area contributed by atoms with Crippen molar-refractivity contribution in [3.8, 4) is 0 Å². The van der Waals surface area contributed by atoms with Crippen LogP contribution >= 0.6 is 0 Å². The zero-order chi connectivity index (χ0) is 10.1. The predicted molar refractivity (Wildman–Crippen MR) is 50.0 cm³/mol. The van der Waals surface area contributed by atoms with Gasteiger partial charge in [-0.2, -0.15) is 0 Å². The Morgan fingerprint density at radius 1 is 1.46 bits per heavy atom. The quantitative estimate of drug-likeness (QED) is 0.579. The molecule has 0 aromatic heterocycles. The summed E-state index contributed by atoms with van der Waals surface area (Å²) in [4.78, 5) is 10.8. The van der Waals surface area contributed by atoms with Gasteiger partial charge < -0.3 is 16.6 Å². The van der Waals surface area contributed by atoms with Crippen molar-refractivity contribution >= 4 is 11.7 Å². The van der Waals surface area contributed by atoms with E-state index in [0.29, 0.717) is 11.3 Å². The van der Waals surface area contributed by atoms with Gasteiger partial charge in [0.15, 0.2) is 0 Å². The largest absolute Gasteiger partial charge is 0.480 e. The summed E-state index contributed by atoms with van der Waals surface area (Å²) in [5.41, 5.74) is 10.6.